The lowest BCUT2D eigenvalue weighted by molar-refractivity contribution is -0.119. The van der Waals surface area contributed by atoms with E-state index in [1.165, 1.54) is 18.3 Å². The number of fused-ring (bicyclic) bond motifs is 4. The number of aromatic nitrogens is 2. The van der Waals surface area contributed by atoms with E-state index in [1.54, 1.807) is 36.8 Å². The van der Waals surface area contributed by atoms with Gasteiger partial charge in [-0.05, 0) is 68.0 Å². The number of anilines is 1. The predicted molar refractivity (Wildman–Crippen MR) is 217 cm³/mol. The maximum absolute atomic E-state index is 13.6. The van der Waals surface area contributed by atoms with Crippen molar-refractivity contribution in [2.24, 2.45) is 5.11 Å². The first-order valence-corrected chi connectivity index (χ1v) is 23.3. The number of ether oxygens (including phenoxy) is 1. The highest BCUT2D eigenvalue weighted by Crippen LogP contribution is 2.50. The van der Waals surface area contributed by atoms with Gasteiger partial charge in [0.1, 0.15) is 36.2 Å². The summed E-state index contributed by atoms with van der Waals surface area (Å²) in [6.07, 6.45) is 8.65. The molecule has 1 amide bonds. The Hall–Kier alpha value is -5.09. The Morgan fingerprint density at radius 1 is 1.00 bits per heavy atom. The van der Waals surface area contributed by atoms with E-state index in [1.807, 2.05) is 13.8 Å². The Labute approximate surface area is 340 Å². The smallest absolute Gasteiger partial charge is 0.300 e. The molecular formula is C37H43N8O11S3+. The zero-order chi connectivity index (χ0) is 42.9. The van der Waals surface area contributed by atoms with E-state index in [2.05, 4.69) is 25.2 Å². The van der Waals surface area contributed by atoms with Crippen LogP contribution in [-0.2, 0) is 48.1 Å². The monoisotopic (exact) mass is 871 g/mol. The van der Waals surface area contributed by atoms with Gasteiger partial charge in [0.2, 0.25) is 11.3 Å². The van der Waals surface area contributed by atoms with Crippen molar-refractivity contribution in [1.82, 2.24) is 19.4 Å². The number of nitrogens with one attached hydrogen (secondary N) is 2. The molecule has 3 aromatic rings. The summed E-state index contributed by atoms with van der Waals surface area (Å²) in [5.41, 5.74) is 8.55. The van der Waals surface area contributed by atoms with Crippen LogP contribution < -0.4 is 30.5 Å². The normalized spacial score (nSPS) is 17.5. The van der Waals surface area contributed by atoms with Crippen molar-refractivity contribution < 1.29 is 48.4 Å². The number of rotatable bonds is 13. The fourth-order valence-corrected chi connectivity index (χ4v) is 10.6. The Morgan fingerprint density at radius 2 is 1.69 bits per heavy atom. The Kier molecular flexibility index (Phi) is 10.6. The molecule has 0 spiro atoms. The van der Waals surface area contributed by atoms with Crippen molar-refractivity contribution in [1.29, 1.82) is 0 Å². The molecule has 19 nitrogen and oxygen atoms in total. The lowest BCUT2D eigenvalue weighted by atomic mass is 9.84. The van der Waals surface area contributed by atoms with E-state index in [4.69, 9.17) is 15.3 Å². The maximum Gasteiger partial charge on any atom is 0.300 e. The van der Waals surface area contributed by atoms with Gasteiger partial charge in [-0.3, -0.25) is 18.5 Å². The second-order valence-electron chi connectivity index (χ2n) is 16.0. The number of azide groups is 1. The Balaban J connectivity index is 1.54. The number of benzene rings is 2. The number of aryl methyl sites for hydroxylation is 1. The van der Waals surface area contributed by atoms with Crippen LogP contribution in [0.15, 0.2) is 46.7 Å². The minimum atomic E-state index is -5.17. The van der Waals surface area contributed by atoms with Gasteiger partial charge in [0.15, 0.2) is 16.2 Å². The van der Waals surface area contributed by atoms with Crippen LogP contribution in [0, 0.1) is 0 Å². The summed E-state index contributed by atoms with van der Waals surface area (Å²) < 4.78 is 119. The summed E-state index contributed by atoms with van der Waals surface area (Å²) in [6, 6.07) is 3.24. The molecule has 7 rings (SSSR count). The van der Waals surface area contributed by atoms with E-state index in [-0.39, 0.29) is 47.0 Å². The molecule has 0 bridgehead atoms. The molecule has 0 radical (unpaired) electrons. The highest BCUT2D eigenvalue weighted by atomic mass is 32.2. The first kappa shape index (κ1) is 42.0. The summed E-state index contributed by atoms with van der Waals surface area (Å²) in [7, 11) is -14.4. The number of carbonyl (C=O) groups is 1. The van der Waals surface area contributed by atoms with Crippen LogP contribution in [0.3, 0.4) is 0 Å². The van der Waals surface area contributed by atoms with Crippen LogP contribution in [-0.4, -0.2) is 96.6 Å². The van der Waals surface area contributed by atoms with Crippen molar-refractivity contribution in [3.63, 3.8) is 0 Å². The van der Waals surface area contributed by atoms with Gasteiger partial charge in [-0.1, -0.05) is 11.2 Å². The van der Waals surface area contributed by atoms with Crippen molar-refractivity contribution in [2.45, 2.75) is 75.9 Å². The third-order valence-corrected chi connectivity index (χ3v) is 12.9. The highest BCUT2D eigenvalue weighted by molar-refractivity contribution is 7.86. The molecule has 2 aromatic carbocycles. The molecule has 5 heterocycles. The summed E-state index contributed by atoms with van der Waals surface area (Å²) in [6.45, 7) is 8.02. The van der Waals surface area contributed by atoms with Gasteiger partial charge in [0.25, 0.3) is 30.4 Å². The number of unbranched alkanes of at least 4 members (excludes halogenated alkanes) is 1. The van der Waals surface area contributed by atoms with Crippen molar-refractivity contribution in [3.05, 3.63) is 85.8 Å². The largest absolute Gasteiger partial charge is 0.454 e. The van der Waals surface area contributed by atoms with Crippen molar-refractivity contribution in [2.75, 3.05) is 36.5 Å². The maximum atomic E-state index is 13.6. The molecule has 314 valence electrons. The average Bonchev–Trinajstić information content (AvgIpc) is 3.56. The third-order valence-electron chi connectivity index (χ3n) is 10.6. The molecule has 0 saturated carbocycles. The standard InChI is InChI=1S/C37H42N8O11S3/c1-36(2)16-21(19-57(47,48)49)24-14-27-29(35-40-10-13-44(35)11-6-5-9-39-28(46)18-41-43-38)26-15-25-22(20-58(50,51)52)17-37(3,4)45-12-7-8-23(31(25)45)32(26)56-33(27)34(30(24)42-36)59(53,54)55/h10,13-17H,5-9,11-12,18-20H2,1-4H3,(H4,39,46,47,48,49,50,51,52,53,54,55)/p+1. The summed E-state index contributed by atoms with van der Waals surface area (Å²) >= 11 is 0. The zero-order valence-electron chi connectivity index (χ0n) is 32.6. The van der Waals surface area contributed by atoms with Gasteiger partial charge >= 0.3 is 0 Å². The number of carbonyl (C=O) groups excluding carboxylic acids is 1. The zero-order valence-corrected chi connectivity index (χ0v) is 35.0. The molecule has 0 fully saturated rings. The topological polar surface area (TPSA) is 283 Å². The van der Waals surface area contributed by atoms with Crippen LogP contribution in [0.5, 0.6) is 11.5 Å². The van der Waals surface area contributed by atoms with Crippen molar-refractivity contribution >= 4 is 58.7 Å². The van der Waals surface area contributed by atoms with Gasteiger partial charge < -0.3 is 19.9 Å². The number of hydrogen-bond donors (Lipinski definition) is 5. The molecule has 0 saturated heterocycles. The first-order chi connectivity index (χ1) is 27.5. The minimum absolute atomic E-state index is 0.0478. The van der Waals surface area contributed by atoms with Gasteiger partial charge in [0, 0.05) is 72.6 Å². The lowest BCUT2D eigenvalue weighted by Gasteiger charge is -2.35. The summed E-state index contributed by atoms with van der Waals surface area (Å²) in [5, 5.41) is 10.1. The van der Waals surface area contributed by atoms with E-state index in [9.17, 15) is 43.7 Å². The summed E-state index contributed by atoms with van der Waals surface area (Å²) in [5.74, 6) is -1.73. The fraction of sp³-hybridized carbons (Fsp3) is 0.432. The van der Waals surface area contributed by atoms with Gasteiger partial charge in [-0.15, -0.1) is 0 Å². The van der Waals surface area contributed by atoms with E-state index in [0.29, 0.717) is 77.4 Å². The van der Waals surface area contributed by atoms with Gasteiger partial charge in [-0.2, -0.15) is 25.3 Å². The van der Waals surface area contributed by atoms with Crippen LogP contribution in [0.4, 0.5) is 5.69 Å². The molecule has 0 unspecified atom stereocenters. The predicted octanol–water partition coefficient (Wildman–Crippen LogP) is 2.67. The summed E-state index contributed by atoms with van der Waals surface area (Å²) in [4.78, 5) is 18.6. The molecule has 4 aliphatic heterocycles. The molecule has 0 atom stereocenters. The SMILES string of the molecule is CC1(C)C=C(CS(=O)(=O)O)c2cc3c(c(S(=O)(=O)O)c2N1)Oc1c2c4c(cc1=C3c1nccn1CCCCNC(=O)CN=[N+]=[N-])C(CS(=O)(=O)O)=CC(C)(C)[N+]=4CCC2. The van der Waals surface area contributed by atoms with Crippen LogP contribution in [0.25, 0.3) is 27.2 Å². The van der Waals surface area contributed by atoms with Crippen LogP contribution in [0.2, 0.25) is 0 Å². The number of imidazole rings is 1. The van der Waals surface area contributed by atoms with E-state index >= 15 is 0 Å². The van der Waals surface area contributed by atoms with Crippen LogP contribution in [0.1, 0.15) is 75.0 Å². The molecular weight excluding hydrogens is 829 g/mol. The second-order valence-corrected chi connectivity index (χ2v) is 20.3. The number of amides is 1. The van der Waals surface area contributed by atoms with E-state index < -0.39 is 63.7 Å². The lowest BCUT2D eigenvalue weighted by Crippen LogP contribution is -2.53. The molecule has 5 N–H and O–H groups in total. The quantitative estimate of drug-likeness (QED) is 0.0323. The molecule has 22 heteroatoms. The second kappa shape index (κ2) is 14.9. The van der Waals surface area contributed by atoms with Crippen LogP contribution >= 0.6 is 0 Å². The highest BCUT2D eigenvalue weighted by Gasteiger charge is 2.43. The van der Waals surface area contributed by atoms with E-state index in [0.717, 1.165) is 0 Å². The fourth-order valence-electron chi connectivity index (χ4n) is 8.53. The molecule has 4 aliphatic rings. The Bertz CT molecular complexity index is 2930. The van der Waals surface area contributed by atoms with Gasteiger partial charge in [-0.25, -0.2) is 9.56 Å². The van der Waals surface area contributed by atoms with Gasteiger partial charge in [0.05, 0.1) is 22.4 Å². The first-order valence-electron chi connectivity index (χ1n) is 18.6. The third kappa shape index (κ3) is 8.38. The minimum Gasteiger partial charge on any atom is -0.454 e. The molecule has 0 aliphatic carbocycles. The number of nitrogens with zero attached hydrogens (tertiary/aromatic N) is 6. The number of hydrogen-bond acceptors (Lipinski definition) is 11. The Morgan fingerprint density at radius 3 is 2.36 bits per heavy atom. The molecule has 59 heavy (non-hydrogen) atoms. The molecule has 1 aromatic heterocycles. The average molecular weight is 872 g/mol. The van der Waals surface area contributed by atoms with Crippen molar-refractivity contribution in [3.8, 4) is 11.5 Å².